The SMILES string of the molecule is COC(=O)c1cccc(-c2cc(=O)[nH]nc2-c2cc(Br)cnc2N)c1. The molecular formula is C17H13BrN4O3. The van der Waals surface area contributed by atoms with Gasteiger partial charge in [0.05, 0.1) is 12.7 Å². The molecule has 0 atom stereocenters. The fourth-order valence-electron chi connectivity index (χ4n) is 2.40. The Balaban J connectivity index is 2.24. The Labute approximate surface area is 151 Å². The van der Waals surface area contributed by atoms with Crippen LogP contribution < -0.4 is 11.3 Å². The minimum atomic E-state index is -0.468. The third-order valence-electron chi connectivity index (χ3n) is 3.54. The van der Waals surface area contributed by atoms with E-state index in [1.165, 1.54) is 13.2 Å². The lowest BCUT2D eigenvalue weighted by Gasteiger charge is -2.11. The number of benzene rings is 1. The van der Waals surface area contributed by atoms with Crippen molar-refractivity contribution in [2.45, 2.75) is 0 Å². The van der Waals surface area contributed by atoms with Crippen molar-refractivity contribution < 1.29 is 9.53 Å². The van der Waals surface area contributed by atoms with Crippen molar-refractivity contribution in [1.82, 2.24) is 15.2 Å². The second kappa shape index (κ2) is 6.86. The van der Waals surface area contributed by atoms with Crippen molar-refractivity contribution in [3.05, 3.63) is 63.0 Å². The molecule has 0 unspecified atom stereocenters. The molecule has 3 rings (SSSR count). The number of nitrogens with zero attached hydrogens (tertiary/aromatic N) is 2. The Hall–Kier alpha value is -3.00. The summed E-state index contributed by atoms with van der Waals surface area (Å²) in [4.78, 5) is 27.7. The van der Waals surface area contributed by atoms with Crippen LogP contribution in [0.4, 0.5) is 5.82 Å². The molecule has 2 heterocycles. The summed E-state index contributed by atoms with van der Waals surface area (Å²) in [6.45, 7) is 0. The standard InChI is InChI=1S/C17H13BrN4O3/c1-25-17(24)10-4-2-3-9(5-10)12-7-14(23)21-22-15(12)13-6-11(18)8-20-16(13)19/h2-8H,1H3,(H2,19,20)(H,21,23). The molecule has 126 valence electrons. The van der Waals surface area contributed by atoms with Crippen molar-refractivity contribution in [1.29, 1.82) is 0 Å². The Morgan fingerprint density at radius 1 is 1.24 bits per heavy atom. The van der Waals surface area contributed by atoms with Gasteiger partial charge in [-0.2, -0.15) is 5.10 Å². The molecule has 0 spiro atoms. The highest BCUT2D eigenvalue weighted by molar-refractivity contribution is 9.10. The van der Waals surface area contributed by atoms with E-state index in [1.807, 2.05) is 0 Å². The molecule has 7 nitrogen and oxygen atoms in total. The Morgan fingerprint density at radius 3 is 2.80 bits per heavy atom. The second-order valence-corrected chi connectivity index (χ2v) is 6.07. The number of carbonyl (C=O) groups excluding carboxylic acids is 1. The summed E-state index contributed by atoms with van der Waals surface area (Å²) in [5.74, 6) is -0.196. The first-order valence-corrected chi connectivity index (χ1v) is 7.99. The maximum Gasteiger partial charge on any atom is 0.337 e. The number of methoxy groups -OCH3 is 1. The molecule has 0 radical (unpaired) electrons. The highest BCUT2D eigenvalue weighted by Crippen LogP contribution is 2.33. The zero-order chi connectivity index (χ0) is 18.0. The van der Waals surface area contributed by atoms with E-state index in [9.17, 15) is 9.59 Å². The van der Waals surface area contributed by atoms with Gasteiger partial charge < -0.3 is 10.5 Å². The third-order valence-corrected chi connectivity index (χ3v) is 3.98. The van der Waals surface area contributed by atoms with Gasteiger partial charge in [0.1, 0.15) is 11.5 Å². The summed E-state index contributed by atoms with van der Waals surface area (Å²) in [5.41, 5.74) is 8.14. The van der Waals surface area contributed by atoms with Gasteiger partial charge in [-0.3, -0.25) is 4.79 Å². The number of esters is 1. The maximum absolute atomic E-state index is 11.8. The van der Waals surface area contributed by atoms with Gasteiger partial charge in [0.25, 0.3) is 5.56 Å². The van der Waals surface area contributed by atoms with Gasteiger partial charge in [-0.15, -0.1) is 0 Å². The fraction of sp³-hybridized carbons (Fsp3) is 0.0588. The number of nitrogens with two attached hydrogens (primary N) is 1. The number of carbonyl (C=O) groups is 1. The lowest BCUT2D eigenvalue weighted by atomic mass is 9.99. The van der Waals surface area contributed by atoms with Crippen molar-refractivity contribution >= 4 is 27.7 Å². The molecule has 3 N–H and O–H groups in total. The van der Waals surface area contributed by atoms with E-state index >= 15 is 0 Å². The van der Waals surface area contributed by atoms with Gasteiger partial charge in [0.2, 0.25) is 0 Å². The average Bonchev–Trinajstić information content (AvgIpc) is 2.63. The van der Waals surface area contributed by atoms with Crippen molar-refractivity contribution in [3.8, 4) is 22.4 Å². The molecule has 0 saturated heterocycles. The summed E-state index contributed by atoms with van der Waals surface area (Å²) < 4.78 is 5.46. The number of aromatic nitrogens is 3. The number of aromatic amines is 1. The highest BCUT2D eigenvalue weighted by Gasteiger charge is 2.16. The quantitative estimate of drug-likeness (QED) is 0.653. The lowest BCUT2D eigenvalue weighted by molar-refractivity contribution is 0.0601. The summed E-state index contributed by atoms with van der Waals surface area (Å²) in [6, 6.07) is 9.90. The monoisotopic (exact) mass is 400 g/mol. The zero-order valence-corrected chi connectivity index (χ0v) is 14.7. The molecule has 8 heteroatoms. The van der Waals surface area contributed by atoms with Gasteiger partial charge >= 0.3 is 5.97 Å². The molecule has 0 aliphatic rings. The van der Waals surface area contributed by atoms with E-state index in [0.717, 1.165) is 4.47 Å². The fourth-order valence-corrected chi connectivity index (χ4v) is 2.73. The van der Waals surface area contributed by atoms with Crippen molar-refractivity contribution in [3.63, 3.8) is 0 Å². The van der Waals surface area contributed by atoms with E-state index in [2.05, 4.69) is 31.1 Å². The number of hydrogen-bond acceptors (Lipinski definition) is 6. The first-order chi connectivity index (χ1) is 12.0. The number of nitrogens with one attached hydrogen (secondary N) is 1. The van der Waals surface area contributed by atoms with Crippen LogP contribution in [0.5, 0.6) is 0 Å². The van der Waals surface area contributed by atoms with Crippen LogP contribution in [-0.2, 0) is 4.74 Å². The number of pyridine rings is 1. The summed E-state index contributed by atoms with van der Waals surface area (Å²) in [7, 11) is 1.31. The molecule has 1 aromatic carbocycles. The maximum atomic E-state index is 11.8. The predicted octanol–water partition coefficient (Wildman–Crippen LogP) is 2.63. The average molecular weight is 401 g/mol. The van der Waals surface area contributed by atoms with E-state index < -0.39 is 5.97 Å². The minimum absolute atomic E-state index is 0.271. The van der Waals surface area contributed by atoms with Crippen LogP contribution in [0, 0.1) is 0 Å². The van der Waals surface area contributed by atoms with E-state index in [0.29, 0.717) is 27.9 Å². The molecule has 3 aromatic rings. The van der Waals surface area contributed by atoms with Crippen LogP contribution in [-0.4, -0.2) is 28.3 Å². The van der Waals surface area contributed by atoms with Gasteiger partial charge in [-0.1, -0.05) is 12.1 Å². The van der Waals surface area contributed by atoms with Crippen LogP contribution >= 0.6 is 15.9 Å². The number of ether oxygens (including phenoxy) is 1. The van der Waals surface area contributed by atoms with Crippen LogP contribution in [0.1, 0.15) is 10.4 Å². The van der Waals surface area contributed by atoms with E-state index in [1.54, 1.807) is 36.5 Å². The first kappa shape index (κ1) is 16.8. The normalized spacial score (nSPS) is 10.5. The lowest BCUT2D eigenvalue weighted by Crippen LogP contribution is -2.10. The first-order valence-electron chi connectivity index (χ1n) is 7.19. The molecule has 0 aliphatic heterocycles. The zero-order valence-electron chi connectivity index (χ0n) is 13.1. The molecule has 2 aromatic heterocycles. The van der Waals surface area contributed by atoms with Crippen LogP contribution in [0.2, 0.25) is 0 Å². The molecule has 0 amide bonds. The molecule has 0 fully saturated rings. The minimum Gasteiger partial charge on any atom is -0.465 e. The number of halogens is 1. The van der Waals surface area contributed by atoms with Gasteiger partial charge in [0.15, 0.2) is 0 Å². The second-order valence-electron chi connectivity index (χ2n) is 5.15. The topological polar surface area (TPSA) is 111 Å². The Morgan fingerprint density at radius 2 is 2.04 bits per heavy atom. The van der Waals surface area contributed by atoms with Crippen molar-refractivity contribution in [2.75, 3.05) is 12.8 Å². The number of H-pyrrole nitrogens is 1. The van der Waals surface area contributed by atoms with Gasteiger partial charge in [0, 0.05) is 27.9 Å². The van der Waals surface area contributed by atoms with Gasteiger partial charge in [-0.25, -0.2) is 14.9 Å². The smallest absolute Gasteiger partial charge is 0.337 e. The summed E-state index contributed by atoms with van der Waals surface area (Å²) in [6.07, 6.45) is 1.57. The number of anilines is 1. The van der Waals surface area contributed by atoms with Crippen LogP contribution in [0.3, 0.4) is 0 Å². The molecule has 0 aliphatic carbocycles. The van der Waals surface area contributed by atoms with Gasteiger partial charge in [-0.05, 0) is 39.7 Å². The Bertz CT molecular complexity index is 1020. The number of rotatable bonds is 3. The number of hydrogen-bond donors (Lipinski definition) is 2. The van der Waals surface area contributed by atoms with E-state index in [4.69, 9.17) is 10.5 Å². The molecule has 25 heavy (non-hydrogen) atoms. The van der Waals surface area contributed by atoms with Crippen molar-refractivity contribution in [2.24, 2.45) is 0 Å². The molecule has 0 bridgehead atoms. The molecular weight excluding hydrogens is 388 g/mol. The molecule has 0 saturated carbocycles. The third kappa shape index (κ3) is 3.43. The van der Waals surface area contributed by atoms with Crippen LogP contribution in [0.15, 0.2) is 51.9 Å². The largest absolute Gasteiger partial charge is 0.465 e. The van der Waals surface area contributed by atoms with Crippen LogP contribution in [0.25, 0.3) is 22.4 Å². The highest BCUT2D eigenvalue weighted by atomic mass is 79.9. The Kier molecular flexibility index (Phi) is 4.62. The van der Waals surface area contributed by atoms with E-state index in [-0.39, 0.29) is 11.4 Å². The predicted molar refractivity (Wildman–Crippen MR) is 97.0 cm³/mol. The summed E-state index contributed by atoms with van der Waals surface area (Å²) >= 11 is 3.35. The summed E-state index contributed by atoms with van der Waals surface area (Å²) in [5, 5.41) is 6.53. The number of nitrogen functional groups attached to an aromatic ring is 1.